The maximum atomic E-state index is 13.1. The quantitative estimate of drug-likeness (QED) is 0.592. The first-order valence-electron chi connectivity index (χ1n) is 9.98. The summed E-state index contributed by atoms with van der Waals surface area (Å²) in [5.41, 5.74) is 1.79. The standard InChI is InChI=1S/C23H22F2N4O2.2H2/c1-15-17(8-5-11-26-15)22(30)21-19(31-23(24)25)9-10-20(28-21)29-13-12-27-18(14-29)16-6-3-2-4-7-16;;/h2-11,18,23,27H,12-14H2,1H3;2*1H. The summed E-state index contributed by atoms with van der Waals surface area (Å²) in [6, 6.07) is 16.3. The molecule has 0 spiro atoms. The highest BCUT2D eigenvalue weighted by atomic mass is 19.3. The number of pyridine rings is 2. The summed E-state index contributed by atoms with van der Waals surface area (Å²) in [6.45, 7) is 0.652. The smallest absolute Gasteiger partial charge is 0.387 e. The van der Waals surface area contributed by atoms with Gasteiger partial charge in [-0.3, -0.25) is 9.78 Å². The van der Waals surface area contributed by atoms with Crippen LogP contribution in [0.15, 0.2) is 60.8 Å². The van der Waals surface area contributed by atoms with Crippen LogP contribution in [0, 0.1) is 6.92 Å². The van der Waals surface area contributed by atoms with Crippen LogP contribution in [0.3, 0.4) is 0 Å². The van der Waals surface area contributed by atoms with Gasteiger partial charge in [-0.2, -0.15) is 8.78 Å². The van der Waals surface area contributed by atoms with Crippen LogP contribution in [0.2, 0.25) is 0 Å². The summed E-state index contributed by atoms with van der Waals surface area (Å²) in [4.78, 5) is 23.7. The summed E-state index contributed by atoms with van der Waals surface area (Å²) in [7, 11) is 0. The van der Waals surface area contributed by atoms with Crippen molar-refractivity contribution in [1.29, 1.82) is 0 Å². The number of alkyl halides is 2. The second-order valence-corrected chi connectivity index (χ2v) is 7.22. The van der Waals surface area contributed by atoms with Gasteiger partial charge in [0, 0.05) is 46.0 Å². The number of halogens is 2. The summed E-state index contributed by atoms with van der Waals surface area (Å²) < 4.78 is 30.5. The van der Waals surface area contributed by atoms with Crippen LogP contribution in [0.25, 0.3) is 0 Å². The predicted octanol–water partition coefficient (Wildman–Crippen LogP) is 4.26. The Morgan fingerprint density at radius 2 is 2.00 bits per heavy atom. The van der Waals surface area contributed by atoms with E-state index >= 15 is 0 Å². The number of nitrogens with one attached hydrogen (secondary N) is 1. The van der Waals surface area contributed by atoms with E-state index < -0.39 is 12.4 Å². The maximum absolute atomic E-state index is 13.1. The number of hydrogen-bond donors (Lipinski definition) is 1. The minimum atomic E-state index is -3.06. The molecule has 3 aromatic rings. The molecule has 31 heavy (non-hydrogen) atoms. The SMILES string of the molecule is Cc1ncccc1C(=O)c1nc(N2CCNC(c3ccccc3)C2)ccc1OC(F)F.[HH].[HH]. The van der Waals surface area contributed by atoms with Crippen LogP contribution in [0.5, 0.6) is 5.75 Å². The molecule has 2 aromatic heterocycles. The van der Waals surface area contributed by atoms with Gasteiger partial charge in [0.05, 0.1) is 0 Å². The van der Waals surface area contributed by atoms with Crippen molar-refractivity contribution in [1.82, 2.24) is 15.3 Å². The van der Waals surface area contributed by atoms with Gasteiger partial charge in [0.1, 0.15) is 5.82 Å². The third-order valence-corrected chi connectivity index (χ3v) is 5.23. The van der Waals surface area contributed by atoms with Gasteiger partial charge in [0.25, 0.3) is 0 Å². The highest BCUT2D eigenvalue weighted by Gasteiger charge is 2.26. The number of ether oxygens (including phenoxy) is 1. The molecule has 1 aromatic carbocycles. The van der Waals surface area contributed by atoms with E-state index in [4.69, 9.17) is 0 Å². The normalized spacial score (nSPS) is 16.4. The fourth-order valence-corrected chi connectivity index (χ4v) is 3.68. The number of nitrogens with zero attached hydrogens (tertiary/aromatic N) is 3. The number of aryl methyl sites for hydroxylation is 1. The number of piperazine rings is 1. The van der Waals surface area contributed by atoms with E-state index in [1.807, 2.05) is 35.2 Å². The fraction of sp³-hybridized carbons (Fsp3) is 0.261. The molecular weight excluding hydrogens is 402 g/mol. The number of anilines is 1. The molecular formula is C23H26F2N4O2. The van der Waals surface area contributed by atoms with E-state index in [0.717, 1.165) is 12.1 Å². The minimum absolute atomic E-state index is 0. The Labute approximate surface area is 181 Å². The van der Waals surface area contributed by atoms with E-state index in [1.54, 1.807) is 31.3 Å². The van der Waals surface area contributed by atoms with E-state index in [1.165, 1.54) is 6.07 Å². The predicted molar refractivity (Wildman–Crippen MR) is 117 cm³/mol. The lowest BCUT2D eigenvalue weighted by Gasteiger charge is -2.35. The molecule has 1 fully saturated rings. The zero-order valence-corrected chi connectivity index (χ0v) is 17.0. The lowest BCUT2D eigenvalue weighted by molar-refractivity contribution is -0.0503. The zero-order chi connectivity index (χ0) is 21.8. The molecule has 0 radical (unpaired) electrons. The first kappa shape index (κ1) is 20.9. The van der Waals surface area contributed by atoms with Crippen molar-refractivity contribution in [3.8, 4) is 5.75 Å². The molecule has 0 saturated carbocycles. The average molecular weight is 428 g/mol. The largest absolute Gasteiger partial charge is 0.432 e. The Kier molecular flexibility index (Phi) is 6.18. The summed E-state index contributed by atoms with van der Waals surface area (Å²) >= 11 is 0. The number of ketones is 1. The maximum Gasteiger partial charge on any atom is 0.387 e. The van der Waals surface area contributed by atoms with Crippen molar-refractivity contribution in [3.05, 3.63) is 83.3 Å². The molecule has 0 amide bonds. The van der Waals surface area contributed by atoms with Crippen LogP contribution in [-0.4, -0.2) is 42.0 Å². The molecule has 164 valence electrons. The van der Waals surface area contributed by atoms with E-state index in [0.29, 0.717) is 30.2 Å². The van der Waals surface area contributed by atoms with Crippen molar-refractivity contribution < 1.29 is 21.2 Å². The second-order valence-electron chi connectivity index (χ2n) is 7.22. The molecule has 1 unspecified atom stereocenters. The number of rotatable bonds is 6. The number of aromatic nitrogens is 2. The Balaban J connectivity index is 0.00000193. The van der Waals surface area contributed by atoms with Gasteiger partial charge in [-0.15, -0.1) is 0 Å². The number of benzene rings is 1. The summed E-state index contributed by atoms with van der Waals surface area (Å²) in [5.74, 6) is -0.214. The van der Waals surface area contributed by atoms with Gasteiger partial charge in [0.15, 0.2) is 11.4 Å². The molecule has 1 aliphatic heterocycles. The Bertz CT molecular complexity index is 1070. The molecule has 1 aliphatic rings. The van der Waals surface area contributed by atoms with Crippen molar-refractivity contribution in [2.24, 2.45) is 0 Å². The monoisotopic (exact) mass is 428 g/mol. The fourth-order valence-electron chi connectivity index (χ4n) is 3.68. The molecule has 0 aliphatic carbocycles. The minimum Gasteiger partial charge on any atom is -0.432 e. The third-order valence-electron chi connectivity index (χ3n) is 5.23. The molecule has 1 atom stereocenters. The van der Waals surface area contributed by atoms with Crippen LogP contribution in [0.4, 0.5) is 14.6 Å². The van der Waals surface area contributed by atoms with E-state index in [2.05, 4.69) is 20.0 Å². The van der Waals surface area contributed by atoms with Gasteiger partial charge in [-0.25, -0.2) is 4.98 Å². The number of carbonyl (C=O) groups is 1. The molecule has 4 rings (SSSR count). The molecule has 6 nitrogen and oxygen atoms in total. The van der Waals surface area contributed by atoms with Gasteiger partial charge >= 0.3 is 6.61 Å². The number of carbonyl (C=O) groups excluding carboxylic acids is 1. The van der Waals surface area contributed by atoms with Crippen molar-refractivity contribution in [2.75, 3.05) is 24.5 Å². The Morgan fingerprint density at radius 3 is 2.74 bits per heavy atom. The lowest BCUT2D eigenvalue weighted by atomic mass is 10.0. The summed E-state index contributed by atoms with van der Waals surface area (Å²) in [5, 5.41) is 3.47. The number of hydrogen-bond acceptors (Lipinski definition) is 6. The molecule has 1 N–H and O–H groups in total. The Morgan fingerprint density at radius 1 is 1.19 bits per heavy atom. The average Bonchev–Trinajstić information content (AvgIpc) is 2.79. The molecule has 0 bridgehead atoms. The lowest BCUT2D eigenvalue weighted by Crippen LogP contribution is -2.46. The third kappa shape index (κ3) is 4.69. The zero-order valence-electron chi connectivity index (χ0n) is 17.0. The highest BCUT2D eigenvalue weighted by molar-refractivity contribution is 6.10. The van der Waals surface area contributed by atoms with Crippen LogP contribution in [-0.2, 0) is 0 Å². The Hall–Kier alpha value is -3.39. The highest BCUT2D eigenvalue weighted by Crippen LogP contribution is 2.28. The van der Waals surface area contributed by atoms with Crippen LogP contribution < -0.4 is 15.0 Å². The molecule has 1 saturated heterocycles. The first-order valence-corrected chi connectivity index (χ1v) is 9.98. The van der Waals surface area contributed by atoms with E-state index in [-0.39, 0.29) is 20.3 Å². The van der Waals surface area contributed by atoms with Crippen LogP contribution in [0.1, 0.15) is 36.2 Å². The van der Waals surface area contributed by atoms with Gasteiger partial charge in [0.2, 0.25) is 5.78 Å². The topological polar surface area (TPSA) is 67.4 Å². The van der Waals surface area contributed by atoms with Crippen molar-refractivity contribution in [3.63, 3.8) is 0 Å². The second kappa shape index (κ2) is 9.18. The van der Waals surface area contributed by atoms with E-state index in [9.17, 15) is 13.6 Å². The molecule has 3 heterocycles. The molecule has 8 heteroatoms. The van der Waals surface area contributed by atoms with Crippen LogP contribution >= 0.6 is 0 Å². The van der Waals surface area contributed by atoms with Gasteiger partial charge in [-0.05, 0) is 36.8 Å². The first-order chi connectivity index (χ1) is 15.0. The van der Waals surface area contributed by atoms with Gasteiger partial charge in [-0.1, -0.05) is 30.3 Å². The van der Waals surface area contributed by atoms with Gasteiger partial charge < -0.3 is 15.0 Å². The van der Waals surface area contributed by atoms with Crippen molar-refractivity contribution in [2.45, 2.75) is 19.6 Å². The summed E-state index contributed by atoms with van der Waals surface area (Å²) in [6.07, 6.45) is 1.57. The van der Waals surface area contributed by atoms with Crippen molar-refractivity contribution >= 4 is 11.6 Å².